The summed E-state index contributed by atoms with van der Waals surface area (Å²) in [5, 5.41) is 12.6. The van der Waals surface area contributed by atoms with E-state index < -0.39 is 41.5 Å². The van der Waals surface area contributed by atoms with Gasteiger partial charge in [0.1, 0.15) is 11.6 Å². The van der Waals surface area contributed by atoms with Gasteiger partial charge in [-0.05, 0) is 44.7 Å². The molecule has 9 heteroatoms. The molecule has 1 aromatic rings. The molecule has 2 amide bonds. The maximum atomic E-state index is 13.5. The van der Waals surface area contributed by atoms with Crippen LogP contribution in [-0.4, -0.2) is 65.3 Å². The lowest BCUT2D eigenvalue weighted by Gasteiger charge is -2.33. The maximum Gasteiger partial charge on any atom is 0.312 e. The summed E-state index contributed by atoms with van der Waals surface area (Å²) in [5.74, 6) is -2.66. The first kappa shape index (κ1) is 22.0. The van der Waals surface area contributed by atoms with E-state index in [1.54, 1.807) is 19.1 Å². The molecule has 0 aliphatic carbocycles. The van der Waals surface area contributed by atoms with E-state index in [1.165, 1.54) is 4.90 Å². The summed E-state index contributed by atoms with van der Waals surface area (Å²) in [7, 11) is 0. The number of amides is 2. The smallest absolute Gasteiger partial charge is 0.312 e. The molecule has 3 saturated heterocycles. The van der Waals surface area contributed by atoms with Crippen molar-refractivity contribution in [3.05, 3.63) is 28.8 Å². The molecule has 1 spiro atoms. The van der Waals surface area contributed by atoms with Gasteiger partial charge in [0.05, 0.1) is 35.3 Å². The highest BCUT2D eigenvalue weighted by Crippen LogP contribution is 2.58. The molecule has 1 aromatic carbocycles. The number of anilines is 1. The van der Waals surface area contributed by atoms with E-state index in [-0.39, 0.29) is 25.7 Å². The summed E-state index contributed by atoms with van der Waals surface area (Å²) in [5.41, 5.74) is 0.189. The van der Waals surface area contributed by atoms with Gasteiger partial charge in [0.15, 0.2) is 0 Å². The molecule has 3 heterocycles. The molecule has 2 bridgehead atoms. The molecule has 0 saturated carbocycles. The molecule has 0 radical (unpaired) electrons. The Hall–Kier alpha value is -2.16. The summed E-state index contributed by atoms with van der Waals surface area (Å²) in [6.07, 6.45) is 0.955. The third kappa shape index (κ3) is 3.41. The number of aliphatic hydroxyl groups excluding tert-OH is 1. The number of likely N-dealkylation sites (tertiary alicyclic amines) is 1. The molecule has 5 atom stereocenters. The summed E-state index contributed by atoms with van der Waals surface area (Å²) in [6.45, 7) is 3.83. The number of ether oxygens (including phenoxy) is 2. The van der Waals surface area contributed by atoms with Crippen molar-refractivity contribution in [2.45, 2.75) is 50.9 Å². The van der Waals surface area contributed by atoms with Crippen molar-refractivity contribution >= 4 is 35.1 Å². The normalized spacial score (nSPS) is 31.1. The first-order valence-electron chi connectivity index (χ1n) is 10.7. The SMILES string of the molecule is CCOC(=O)[C@@H]1[C@H]2C(=O)N(CCCO)C(C(=O)Nc3c(C)cccc3Cl)C23CC[C@H]1O3. The fourth-order valence-electron chi connectivity index (χ4n) is 5.42. The molecule has 2 unspecified atom stereocenters. The van der Waals surface area contributed by atoms with Gasteiger partial charge in [-0.1, -0.05) is 23.7 Å². The lowest BCUT2D eigenvalue weighted by molar-refractivity contribution is -0.154. The van der Waals surface area contributed by atoms with Gasteiger partial charge in [-0.25, -0.2) is 0 Å². The third-order valence-electron chi connectivity index (χ3n) is 6.63. The number of nitrogens with zero attached hydrogens (tertiary/aromatic N) is 1. The topological polar surface area (TPSA) is 105 Å². The van der Waals surface area contributed by atoms with E-state index >= 15 is 0 Å². The van der Waals surface area contributed by atoms with Gasteiger partial charge < -0.3 is 24.8 Å². The van der Waals surface area contributed by atoms with E-state index in [0.29, 0.717) is 30.0 Å². The maximum absolute atomic E-state index is 13.5. The number of esters is 1. The monoisotopic (exact) mass is 450 g/mol. The van der Waals surface area contributed by atoms with Crippen molar-refractivity contribution in [2.75, 3.05) is 25.1 Å². The van der Waals surface area contributed by atoms with Crippen LogP contribution in [0.5, 0.6) is 0 Å². The van der Waals surface area contributed by atoms with Crippen LogP contribution in [0, 0.1) is 18.8 Å². The molecule has 2 N–H and O–H groups in total. The number of carbonyl (C=O) groups excluding carboxylic acids is 3. The largest absolute Gasteiger partial charge is 0.466 e. The molecule has 168 valence electrons. The number of aliphatic hydroxyl groups is 1. The zero-order chi connectivity index (χ0) is 22.3. The Morgan fingerprint density at radius 3 is 2.87 bits per heavy atom. The van der Waals surface area contributed by atoms with Gasteiger partial charge >= 0.3 is 5.97 Å². The molecule has 3 fully saturated rings. The Morgan fingerprint density at radius 1 is 1.42 bits per heavy atom. The van der Waals surface area contributed by atoms with Gasteiger partial charge in [0, 0.05) is 13.2 Å². The van der Waals surface area contributed by atoms with Crippen LogP contribution in [0.4, 0.5) is 5.69 Å². The van der Waals surface area contributed by atoms with Crippen LogP contribution >= 0.6 is 11.6 Å². The lowest BCUT2D eigenvalue weighted by atomic mass is 9.71. The Balaban J connectivity index is 1.70. The van der Waals surface area contributed by atoms with Gasteiger partial charge in [-0.3, -0.25) is 14.4 Å². The molecule has 8 nitrogen and oxygen atoms in total. The van der Waals surface area contributed by atoms with Crippen LogP contribution in [0.25, 0.3) is 0 Å². The predicted octanol–water partition coefficient (Wildman–Crippen LogP) is 1.91. The van der Waals surface area contributed by atoms with Crippen molar-refractivity contribution in [1.82, 2.24) is 4.90 Å². The summed E-state index contributed by atoms with van der Waals surface area (Å²) < 4.78 is 11.5. The number of para-hydroxylation sites is 1. The average molecular weight is 451 g/mol. The van der Waals surface area contributed by atoms with Crippen LogP contribution in [0.3, 0.4) is 0 Å². The van der Waals surface area contributed by atoms with Gasteiger partial charge in [0.2, 0.25) is 11.8 Å². The Kier molecular flexibility index (Phi) is 5.98. The zero-order valence-electron chi connectivity index (χ0n) is 17.6. The van der Waals surface area contributed by atoms with E-state index in [1.807, 2.05) is 13.0 Å². The molecule has 31 heavy (non-hydrogen) atoms. The fraction of sp³-hybridized carbons (Fsp3) is 0.591. The Bertz CT molecular complexity index is 888. The first-order chi connectivity index (χ1) is 14.9. The highest BCUT2D eigenvalue weighted by Gasteiger charge is 2.74. The van der Waals surface area contributed by atoms with Crippen molar-refractivity contribution in [3.63, 3.8) is 0 Å². The van der Waals surface area contributed by atoms with Crippen molar-refractivity contribution in [3.8, 4) is 0 Å². The molecule has 0 aromatic heterocycles. The highest BCUT2D eigenvalue weighted by atomic mass is 35.5. The Morgan fingerprint density at radius 2 is 2.19 bits per heavy atom. The minimum Gasteiger partial charge on any atom is -0.466 e. The summed E-state index contributed by atoms with van der Waals surface area (Å²) in [6, 6.07) is 4.39. The zero-order valence-corrected chi connectivity index (χ0v) is 18.4. The minimum atomic E-state index is -1.09. The number of aryl methyl sites for hydroxylation is 1. The van der Waals surface area contributed by atoms with Crippen LogP contribution in [0.1, 0.15) is 31.7 Å². The summed E-state index contributed by atoms with van der Waals surface area (Å²) in [4.78, 5) is 41.1. The van der Waals surface area contributed by atoms with Crippen LogP contribution < -0.4 is 5.32 Å². The standard InChI is InChI=1S/C22H27ClN2O6/c1-3-30-21(29)15-14-8-9-22(31-14)16(15)20(28)25(10-5-11-26)18(22)19(27)24-17-12(2)6-4-7-13(17)23/h4,6-7,14-16,18,26H,3,5,8-11H2,1-2H3,(H,24,27)/t14-,15+,16+,18?,22?/m1/s1. The summed E-state index contributed by atoms with van der Waals surface area (Å²) >= 11 is 6.30. The number of nitrogens with one attached hydrogen (secondary N) is 1. The lowest BCUT2D eigenvalue weighted by Crippen LogP contribution is -2.53. The number of fused-ring (bicyclic) bond motifs is 1. The average Bonchev–Trinajstić information content (AvgIpc) is 3.37. The molecule has 3 aliphatic heterocycles. The molecule has 4 rings (SSSR count). The van der Waals surface area contributed by atoms with Crippen LogP contribution in [0.15, 0.2) is 18.2 Å². The number of hydrogen-bond donors (Lipinski definition) is 2. The third-order valence-corrected chi connectivity index (χ3v) is 6.95. The second kappa shape index (κ2) is 8.41. The highest BCUT2D eigenvalue weighted by molar-refractivity contribution is 6.34. The number of benzene rings is 1. The second-order valence-corrected chi connectivity index (χ2v) is 8.74. The number of hydrogen-bond acceptors (Lipinski definition) is 6. The number of halogens is 1. The van der Waals surface area contributed by atoms with E-state index in [2.05, 4.69) is 5.32 Å². The molecular formula is C22H27ClN2O6. The fourth-order valence-corrected chi connectivity index (χ4v) is 5.69. The van der Waals surface area contributed by atoms with E-state index in [4.69, 9.17) is 21.1 Å². The number of carbonyl (C=O) groups is 3. The second-order valence-electron chi connectivity index (χ2n) is 8.34. The van der Waals surface area contributed by atoms with Crippen molar-refractivity contribution in [2.24, 2.45) is 11.8 Å². The van der Waals surface area contributed by atoms with E-state index in [9.17, 15) is 19.5 Å². The van der Waals surface area contributed by atoms with Gasteiger partial charge in [0.25, 0.3) is 0 Å². The quantitative estimate of drug-likeness (QED) is 0.615. The Labute approximate surface area is 185 Å². The first-order valence-corrected chi connectivity index (χ1v) is 11.0. The van der Waals surface area contributed by atoms with Crippen LogP contribution in [0.2, 0.25) is 5.02 Å². The van der Waals surface area contributed by atoms with E-state index in [0.717, 1.165) is 5.56 Å². The molecule has 3 aliphatic rings. The number of rotatable bonds is 7. The van der Waals surface area contributed by atoms with Crippen molar-refractivity contribution < 1.29 is 29.0 Å². The predicted molar refractivity (Wildman–Crippen MR) is 112 cm³/mol. The minimum absolute atomic E-state index is 0.121. The van der Waals surface area contributed by atoms with Gasteiger partial charge in [-0.15, -0.1) is 0 Å². The molecular weight excluding hydrogens is 424 g/mol. The van der Waals surface area contributed by atoms with Crippen LogP contribution in [-0.2, 0) is 23.9 Å². The van der Waals surface area contributed by atoms with Crippen molar-refractivity contribution in [1.29, 1.82) is 0 Å². The van der Waals surface area contributed by atoms with Gasteiger partial charge in [-0.2, -0.15) is 0 Å².